The lowest BCUT2D eigenvalue weighted by Crippen LogP contribution is -2.09. The minimum absolute atomic E-state index is 0.0456. The highest BCUT2D eigenvalue weighted by atomic mass is 32.2. The Balaban J connectivity index is 1.10. The SMILES string of the molecule is Cc1ccc(S(=O)(=O)Oc2ccc(-c3cc(CS(=O)(=O)Cc4ccnc(-c5ccc(OS(=O)(=O)c6ccc(C)cc6)cc5)c4)ccn3)cc2)cc1. The molecule has 0 amide bonds. The Bertz CT molecular complexity index is 2330. The Hall–Kier alpha value is -5.37. The average molecular weight is 741 g/mol. The van der Waals surface area contributed by atoms with Crippen LogP contribution in [0.2, 0.25) is 0 Å². The second-order valence-corrected chi connectivity index (χ2v) is 17.0. The fourth-order valence-corrected chi connectivity index (χ4v) is 8.46. The molecule has 0 N–H and O–H groups in total. The summed E-state index contributed by atoms with van der Waals surface area (Å²) in [6, 6.07) is 32.0. The number of pyridine rings is 2. The van der Waals surface area contributed by atoms with Gasteiger partial charge in [0, 0.05) is 23.5 Å². The van der Waals surface area contributed by atoms with Crippen molar-refractivity contribution in [1.29, 1.82) is 0 Å². The van der Waals surface area contributed by atoms with E-state index in [0.29, 0.717) is 33.6 Å². The summed E-state index contributed by atoms with van der Waals surface area (Å²) in [5.41, 5.74) is 5.25. The van der Waals surface area contributed by atoms with Gasteiger partial charge >= 0.3 is 20.2 Å². The normalized spacial score (nSPS) is 12.0. The number of hydrogen-bond donors (Lipinski definition) is 0. The van der Waals surface area contributed by atoms with E-state index < -0.39 is 30.1 Å². The molecule has 0 aliphatic rings. The van der Waals surface area contributed by atoms with E-state index in [9.17, 15) is 25.3 Å². The summed E-state index contributed by atoms with van der Waals surface area (Å²) in [5, 5.41) is 0. The molecule has 2 heterocycles. The fourth-order valence-electron chi connectivity index (χ4n) is 5.12. The quantitative estimate of drug-likeness (QED) is 0.119. The van der Waals surface area contributed by atoms with E-state index >= 15 is 0 Å². The molecule has 0 aliphatic carbocycles. The van der Waals surface area contributed by atoms with Crippen LogP contribution in [-0.4, -0.2) is 35.2 Å². The van der Waals surface area contributed by atoms with Crippen molar-refractivity contribution in [2.45, 2.75) is 35.1 Å². The maximum absolute atomic E-state index is 13.3. The molecule has 0 unspecified atom stereocenters. The monoisotopic (exact) mass is 740 g/mol. The van der Waals surface area contributed by atoms with Gasteiger partial charge in [-0.25, -0.2) is 8.42 Å². The van der Waals surface area contributed by atoms with Crippen LogP contribution in [0, 0.1) is 13.8 Å². The molecular formula is C38H32N2O8S3. The van der Waals surface area contributed by atoms with E-state index in [1.165, 1.54) is 60.9 Å². The van der Waals surface area contributed by atoms with Crippen LogP contribution < -0.4 is 8.37 Å². The molecule has 260 valence electrons. The molecule has 2 aromatic heterocycles. The Morgan fingerprint density at radius 3 is 1.18 bits per heavy atom. The Labute approximate surface area is 297 Å². The maximum Gasteiger partial charge on any atom is 0.339 e. The summed E-state index contributed by atoms with van der Waals surface area (Å²) < 4.78 is 87.8. The highest BCUT2D eigenvalue weighted by Gasteiger charge is 2.19. The Morgan fingerprint density at radius 2 is 0.824 bits per heavy atom. The van der Waals surface area contributed by atoms with E-state index in [1.807, 2.05) is 13.8 Å². The molecule has 4 aromatic carbocycles. The van der Waals surface area contributed by atoms with Crippen molar-refractivity contribution in [3.63, 3.8) is 0 Å². The average Bonchev–Trinajstić information content (AvgIpc) is 3.09. The third-order valence-corrected chi connectivity index (χ3v) is 11.8. The summed E-state index contributed by atoms with van der Waals surface area (Å²) >= 11 is 0. The number of hydrogen-bond acceptors (Lipinski definition) is 10. The maximum atomic E-state index is 13.3. The van der Waals surface area contributed by atoms with Crippen LogP contribution in [-0.2, 0) is 41.6 Å². The zero-order valence-electron chi connectivity index (χ0n) is 27.5. The second-order valence-electron chi connectivity index (χ2n) is 11.9. The molecule has 0 saturated heterocycles. The number of sulfone groups is 1. The first-order valence-electron chi connectivity index (χ1n) is 15.6. The molecule has 0 bridgehead atoms. The van der Waals surface area contributed by atoms with Crippen LogP contribution in [0.1, 0.15) is 22.3 Å². The van der Waals surface area contributed by atoms with Crippen molar-refractivity contribution in [2.75, 3.05) is 0 Å². The molecule has 0 spiro atoms. The van der Waals surface area contributed by atoms with E-state index in [1.54, 1.807) is 72.8 Å². The molecule has 0 radical (unpaired) electrons. The van der Waals surface area contributed by atoms with Gasteiger partial charge in [-0.1, -0.05) is 35.4 Å². The predicted octanol–water partition coefficient (Wildman–Crippen LogP) is 7.08. The van der Waals surface area contributed by atoms with Gasteiger partial charge in [0.1, 0.15) is 21.3 Å². The zero-order valence-corrected chi connectivity index (χ0v) is 30.0. The summed E-state index contributed by atoms with van der Waals surface area (Å²) in [7, 11) is -11.6. The summed E-state index contributed by atoms with van der Waals surface area (Å²) in [4.78, 5) is 8.83. The predicted molar refractivity (Wildman–Crippen MR) is 194 cm³/mol. The lowest BCUT2D eigenvalue weighted by atomic mass is 10.1. The number of rotatable bonds is 12. The third-order valence-electron chi connectivity index (χ3n) is 7.75. The Kier molecular flexibility index (Phi) is 10.1. The second kappa shape index (κ2) is 14.5. The fraction of sp³-hybridized carbons (Fsp3) is 0.105. The summed E-state index contributed by atoms with van der Waals surface area (Å²) in [6.45, 7) is 3.72. The van der Waals surface area contributed by atoms with E-state index in [-0.39, 0.29) is 32.8 Å². The van der Waals surface area contributed by atoms with Gasteiger partial charge in [-0.15, -0.1) is 0 Å². The molecule has 10 nitrogen and oxygen atoms in total. The van der Waals surface area contributed by atoms with Gasteiger partial charge in [-0.05, 0) is 122 Å². The first-order valence-corrected chi connectivity index (χ1v) is 20.2. The number of aromatic nitrogens is 2. The van der Waals surface area contributed by atoms with Crippen LogP contribution in [0.3, 0.4) is 0 Å². The summed E-state index contributed by atoms with van der Waals surface area (Å²) in [5.74, 6) is -0.217. The largest absolute Gasteiger partial charge is 0.379 e. The zero-order chi connectivity index (χ0) is 36.2. The number of nitrogens with zero attached hydrogens (tertiary/aromatic N) is 2. The number of aryl methyl sites for hydroxylation is 2. The van der Waals surface area contributed by atoms with Crippen LogP contribution in [0.5, 0.6) is 11.5 Å². The van der Waals surface area contributed by atoms with E-state index in [0.717, 1.165) is 11.1 Å². The third kappa shape index (κ3) is 9.06. The van der Waals surface area contributed by atoms with Crippen molar-refractivity contribution >= 4 is 30.1 Å². The molecule has 51 heavy (non-hydrogen) atoms. The highest BCUT2D eigenvalue weighted by Crippen LogP contribution is 2.27. The van der Waals surface area contributed by atoms with Gasteiger partial charge in [0.05, 0.1) is 22.9 Å². The molecule has 0 saturated carbocycles. The van der Waals surface area contributed by atoms with Crippen molar-refractivity contribution in [1.82, 2.24) is 9.97 Å². The number of benzene rings is 4. The Morgan fingerprint density at radius 1 is 0.471 bits per heavy atom. The topological polar surface area (TPSA) is 147 Å². The van der Waals surface area contributed by atoms with Crippen molar-refractivity contribution in [2.24, 2.45) is 0 Å². The molecule has 0 aliphatic heterocycles. The van der Waals surface area contributed by atoms with Gasteiger partial charge in [-0.2, -0.15) is 16.8 Å². The lowest BCUT2D eigenvalue weighted by molar-refractivity contribution is 0.484. The van der Waals surface area contributed by atoms with Gasteiger partial charge in [0.15, 0.2) is 9.84 Å². The highest BCUT2D eigenvalue weighted by molar-refractivity contribution is 7.89. The molecule has 0 fully saturated rings. The first kappa shape index (κ1) is 35.5. The standard InChI is InChI=1S/C38H32N2O8S3/c1-27-3-15-35(16-4-27)50(43,44)47-33-11-7-31(8-12-33)37-23-29(19-21-39-37)25-49(41,42)26-30-20-22-40-38(24-30)32-9-13-34(14-10-32)48-51(45,46)36-17-5-28(2)6-18-36/h3-24H,25-26H2,1-2H3. The minimum atomic E-state index is -4.01. The summed E-state index contributed by atoms with van der Waals surface area (Å²) in [6.07, 6.45) is 3.05. The molecule has 6 rings (SSSR count). The molecule has 13 heteroatoms. The van der Waals surface area contributed by atoms with Crippen LogP contribution >= 0.6 is 0 Å². The van der Waals surface area contributed by atoms with Gasteiger partial charge < -0.3 is 8.37 Å². The smallest absolute Gasteiger partial charge is 0.339 e. The van der Waals surface area contributed by atoms with E-state index in [2.05, 4.69) is 9.97 Å². The van der Waals surface area contributed by atoms with Crippen molar-refractivity contribution < 1.29 is 33.6 Å². The molecular weight excluding hydrogens is 709 g/mol. The van der Waals surface area contributed by atoms with Crippen LogP contribution in [0.4, 0.5) is 0 Å². The van der Waals surface area contributed by atoms with Crippen LogP contribution in [0.25, 0.3) is 22.5 Å². The molecule has 0 atom stereocenters. The van der Waals surface area contributed by atoms with Crippen molar-refractivity contribution in [3.8, 4) is 34.0 Å². The first-order chi connectivity index (χ1) is 24.2. The minimum Gasteiger partial charge on any atom is -0.379 e. The van der Waals surface area contributed by atoms with Crippen molar-refractivity contribution in [3.05, 3.63) is 156 Å². The lowest BCUT2D eigenvalue weighted by Gasteiger charge is -2.10. The van der Waals surface area contributed by atoms with Gasteiger partial charge in [0.25, 0.3) is 0 Å². The van der Waals surface area contributed by atoms with Gasteiger partial charge in [0.2, 0.25) is 0 Å². The van der Waals surface area contributed by atoms with Crippen LogP contribution in [0.15, 0.2) is 144 Å². The molecule has 6 aromatic rings. The van der Waals surface area contributed by atoms with E-state index in [4.69, 9.17) is 8.37 Å². The van der Waals surface area contributed by atoms with Gasteiger partial charge in [-0.3, -0.25) is 9.97 Å².